The molecule has 1 aliphatic heterocycles. The molecule has 0 bridgehead atoms. The van der Waals surface area contributed by atoms with Gasteiger partial charge in [-0.25, -0.2) is 0 Å². The molecule has 1 aromatic heterocycles. The molecule has 0 atom stereocenters. The Morgan fingerprint density at radius 1 is 1.00 bits per heavy atom. The lowest BCUT2D eigenvalue weighted by atomic mass is 9.97. The maximum Gasteiger partial charge on any atom is 0.0610 e. The van der Waals surface area contributed by atoms with Crippen LogP contribution >= 0.6 is 15.9 Å². The fraction of sp³-hybridized carbons (Fsp3) is 0.176. The zero-order valence-corrected chi connectivity index (χ0v) is 12.6. The van der Waals surface area contributed by atoms with Crippen molar-refractivity contribution < 1.29 is 0 Å². The number of halogens is 1. The van der Waals surface area contributed by atoms with Crippen LogP contribution in [0.15, 0.2) is 46.9 Å². The first-order valence-corrected chi connectivity index (χ1v) is 7.72. The Balaban J connectivity index is 2.07. The molecule has 3 aromatic rings. The van der Waals surface area contributed by atoms with Crippen LogP contribution in [-0.2, 0) is 13.0 Å². The van der Waals surface area contributed by atoms with Gasteiger partial charge >= 0.3 is 0 Å². The van der Waals surface area contributed by atoms with Crippen molar-refractivity contribution in [1.29, 1.82) is 0 Å². The van der Waals surface area contributed by atoms with Crippen molar-refractivity contribution in [1.82, 2.24) is 10.3 Å². The standard InChI is InChI=1S/C17H15BrN2/c18-14-7-6-12(11-4-2-1-3-5-11)16-13-10-19-9-8-15(13)20-17(14)16/h1-7,19-20H,8-10H2. The second-order valence-corrected chi connectivity index (χ2v) is 6.07. The fourth-order valence-electron chi connectivity index (χ4n) is 3.08. The average molecular weight is 327 g/mol. The molecule has 2 aromatic carbocycles. The minimum absolute atomic E-state index is 0.950. The Labute approximate surface area is 126 Å². The minimum atomic E-state index is 0.950. The van der Waals surface area contributed by atoms with E-state index in [1.165, 1.54) is 33.3 Å². The third kappa shape index (κ3) is 1.81. The molecule has 2 heterocycles. The van der Waals surface area contributed by atoms with Crippen molar-refractivity contribution in [2.45, 2.75) is 13.0 Å². The van der Waals surface area contributed by atoms with Crippen LogP contribution in [0.5, 0.6) is 0 Å². The number of hydrogen-bond acceptors (Lipinski definition) is 1. The van der Waals surface area contributed by atoms with E-state index in [2.05, 4.69) is 68.7 Å². The van der Waals surface area contributed by atoms with Crippen LogP contribution in [0.4, 0.5) is 0 Å². The first-order valence-electron chi connectivity index (χ1n) is 6.92. The predicted octanol–water partition coefficient (Wildman–Crippen LogP) is 4.24. The highest BCUT2D eigenvalue weighted by molar-refractivity contribution is 9.10. The molecule has 0 radical (unpaired) electrons. The van der Waals surface area contributed by atoms with E-state index < -0.39 is 0 Å². The van der Waals surface area contributed by atoms with Crippen LogP contribution in [0.3, 0.4) is 0 Å². The summed E-state index contributed by atoms with van der Waals surface area (Å²) in [5.74, 6) is 0. The van der Waals surface area contributed by atoms with Crippen LogP contribution in [0.1, 0.15) is 11.3 Å². The van der Waals surface area contributed by atoms with Gasteiger partial charge in [-0.3, -0.25) is 0 Å². The van der Waals surface area contributed by atoms with Crippen molar-refractivity contribution in [2.75, 3.05) is 6.54 Å². The molecular weight excluding hydrogens is 312 g/mol. The van der Waals surface area contributed by atoms with E-state index in [4.69, 9.17) is 0 Å². The van der Waals surface area contributed by atoms with Gasteiger partial charge in [-0.1, -0.05) is 36.4 Å². The lowest BCUT2D eigenvalue weighted by Crippen LogP contribution is -2.22. The molecule has 0 amide bonds. The fourth-order valence-corrected chi connectivity index (χ4v) is 3.51. The summed E-state index contributed by atoms with van der Waals surface area (Å²) in [7, 11) is 0. The molecule has 2 N–H and O–H groups in total. The number of nitrogens with one attached hydrogen (secondary N) is 2. The lowest BCUT2D eigenvalue weighted by Gasteiger charge is -2.14. The van der Waals surface area contributed by atoms with Crippen molar-refractivity contribution in [3.05, 3.63) is 58.2 Å². The van der Waals surface area contributed by atoms with E-state index in [1.54, 1.807) is 0 Å². The number of rotatable bonds is 1. The summed E-state index contributed by atoms with van der Waals surface area (Å²) in [5, 5.41) is 4.84. The molecule has 100 valence electrons. The van der Waals surface area contributed by atoms with Gasteiger partial charge in [0.1, 0.15) is 0 Å². The summed E-state index contributed by atoms with van der Waals surface area (Å²) in [6.45, 7) is 2.00. The number of aromatic nitrogens is 1. The van der Waals surface area contributed by atoms with Crippen molar-refractivity contribution in [3.8, 4) is 11.1 Å². The van der Waals surface area contributed by atoms with Crippen LogP contribution in [0.2, 0.25) is 0 Å². The van der Waals surface area contributed by atoms with Crippen LogP contribution < -0.4 is 5.32 Å². The molecule has 1 aliphatic rings. The summed E-state index contributed by atoms with van der Waals surface area (Å²) < 4.78 is 1.14. The number of hydrogen-bond donors (Lipinski definition) is 2. The molecule has 0 saturated carbocycles. The maximum atomic E-state index is 3.68. The highest BCUT2D eigenvalue weighted by Gasteiger charge is 2.19. The zero-order chi connectivity index (χ0) is 13.5. The summed E-state index contributed by atoms with van der Waals surface area (Å²) in [4.78, 5) is 3.61. The summed E-state index contributed by atoms with van der Waals surface area (Å²) in [6.07, 6.45) is 1.07. The third-order valence-corrected chi connectivity index (χ3v) is 4.70. The molecule has 0 saturated heterocycles. The van der Waals surface area contributed by atoms with Gasteiger partial charge in [0.15, 0.2) is 0 Å². The van der Waals surface area contributed by atoms with Crippen molar-refractivity contribution in [3.63, 3.8) is 0 Å². The van der Waals surface area contributed by atoms with E-state index in [9.17, 15) is 0 Å². The first-order chi connectivity index (χ1) is 9.84. The van der Waals surface area contributed by atoms with Crippen LogP contribution in [0.25, 0.3) is 22.0 Å². The highest BCUT2D eigenvalue weighted by Crippen LogP contribution is 2.37. The van der Waals surface area contributed by atoms with E-state index in [0.717, 1.165) is 24.0 Å². The predicted molar refractivity (Wildman–Crippen MR) is 86.8 cm³/mol. The Bertz CT molecular complexity index is 775. The Hall–Kier alpha value is -1.58. The van der Waals surface area contributed by atoms with E-state index in [-0.39, 0.29) is 0 Å². The number of benzene rings is 2. The molecule has 0 unspecified atom stereocenters. The highest BCUT2D eigenvalue weighted by atomic mass is 79.9. The molecule has 3 heteroatoms. The molecule has 2 nitrogen and oxygen atoms in total. The zero-order valence-electron chi connectivity index (χ0n) is 11.0. The minimum Gasteiger partial charge on any atom is -0.357 e. The van der Waals surface area contributed by atoms with Gasteiger partial charge < -0.3 is 10.3 Å². The van der Waals surface area contributed by atoms with Gasteiger partial charge in [0, 0.05) is 35.1 Å². The Morgan fingerprint density at radius 2 is 1.85 bits per heavy atom. The number of aromatic amines is 1. The quantitative estimate of drug-likeness (QED) is 0.687. The summed E-state index contributed by atoms with van der Waals surface area (Å²) in [5.41, 5.74) is 6.61. The van der Waals surface area contributed by atoms with E-state index in [1.807, 2.05) is 0 Å². The van der Waals surface area contributed by atoms with Gasteiger partial charge in [-0.15, -0.1) is 0 Å². The van der Waals surface area contributed by atoms with E-state index in [0.29, 0.717) is 0 Å². The van der Waals surface area contributed by atoms with Crippen molar-refractivity contribution in [2.24, 2.45) is 0 Å². The van der Waals surface area contributed by atoms with Crippen LogP contribution in [0, 0.1) is 0 Å². The second kappa shape index (κ2) is 4.76. The van der Waals surface area contributed by atoms with Gasteiger partial charge in [-0.05, 0) is 38.7 Å². The second-order valence-electron chi connectivity index (χ2n) is 5.22. The monoisotopic (exact) mass is 326 g/mol. The average Bonchev–Trinajstić information content (AvgIpc) is 2.89. The normalized spacial score (nSPS) is 14.4. The summed E-state index contributed by atoms with van der Waals surface area (Å²) in [6, 6.07) is 15.0. The molecule has 0 fully saturated rings. The SMILES string of the molecule is Brc1ccc(-c2ccccc2)c2c3c([nH]c12)CCNC3. The molecule has 4 rings (SSSR count). The molecule has 0 aliphatic carbocycles. The molecule has 0 spiro atoms. The van der Waals surface area contributed by atoms with Gasteiger partial charge in [0.05, 0.1) is 5.52 Å². The third-order valence-electron chi connectivity index (χ3n) is 4.03. The number of H-pyrrole nitrogens is 1. The van der Waals surface area contributed by atoms with Gasteiger partial charge in [0.2, 0.25) is 0 Å². The first kappa shape index (κ1) is 12.2. The smallest absolute Gasteiger partial charge is 0.0610 e. The van der Waals surface area contributed by atoms with Gasteiger partial charge in [0.25, 0.3) is 0 Å². The van der Waals surface area contributed by atoms with E-state index >= 15 is 0 Å². The Kier molecular flexibility index (Phi) is 2.90. The van der Waals surface area contributed by atoms with Crippen LogP contribution in [-0.4, -0.2) is 11.5 Å². The lowest BCUT2D eigenvalue weighted by molar-refractivity contribution is 0.641. The Morgan fingerprint density at radius 3 is 2.70 bits per heavy atom. The largest absolute Gasteiger partial charge is 0.357 e. The molecule has 20 heavy (non-hydrogen) atoms. The molecular formula is C17H15BrN2. The topological polar surface area (TPSA) is 27.8 Å². The number of fused-ring (bicyclic) bond motifs is 3. The maximum absolute atomic E-state index is 3.68. The van der Waals surface area contributed by atoms with Crippen molar-refractivity contribution >= 4 is 26.8 Å². The summed E-state index contributed by atoms with van der Waals surface area (Å²) >= 11 is 3.68. The van der Waals surface area contributed by atoms with Gasteiger partial charge in [-0.2, -0.15) is 0 Å².